The normalized spacial score (nSPS) is 12.3. The zero-order valence-corrected chi connectivity index (χ0v) is 9.98. The van der Waals surface area contributed by atoms with Crippen LogP contribution >= 0.6 is 0 Å². The maximum Gasteiger partial charge on any atom is 0.157 e. The Kier molecular flexibility index (Phi) is 3.56. The van der Waals surface area contributed by atoms with E-state index in [-0.39, 0.29) is 5.75 Å². The molecule has 1 unspecified atom stereocenters. The highest BCUT2D eigenvalue weighted by molar-refractivity contribution is 7.78. The molecule has 1 atom stereocenters. The second kappa shape index (κ2) is 5.12. The van der Waals surface area contributed by atoms with Gasteiger partial charge in [-0.25, -0.2) is 4.21 Å². The van der Waals surface area contributed by atoms with Crippen molar-refractivity contribution in [2.75, 3.05) is 5.73 Å². The highest BCUT2D eigenvalue weighted by atomic mass is 32.2. The molecule has 0 heterocycles. The minimum atomic E-state index is -1.89. The number of nitrogens with two attached hydrogens (primary N) is 1. The molecular weight excluding hydrogens is 234 g/mol. The minimum Gasteiger partial charge on any atom is -0.398 e. The Morgan fingerprint density at radius 3 is 2.41 bits per heavy atom. The van der Waals surface area contributed by atoms with Crippen molar-refractivity contribution in [3.63, 3.8) is 0 Å². The molecule has 0 fully saturated rings. The van der Waals surface area contributed by atoms with E-state index in [1.165, 1.54) is 0 Å². The lowest BCUT2D eigenvalue weighted by Crippen LogP contribution is -2.01. The Morgan fingerprint density at radius 1 is 1.06 bits per heavy atom. The van der Waals surface area contributed by atoms with E-state index in [0.717, 1.165) is 16.7 Å². The second-order valence-electron chi connectivity index (χ2n) is 3.71. The summed E-state index contributed by atoms with van der Waals surface area (Å²) in [6.45, 7) is 0. The lowest BCUT2D eigenvalue weighted by molar-refractivity contribution is 0.563. The molecule has 2 aromatic rings. The van der Waals surface area contributed by atoms with Gasteiger partial charge in [0, 0.05) is 5.69 Å². The van der Waals surface area contributed by atoms with E-state index in [4.69, 9.17) is 10.3 Å². The van der Waals surface area contributed by atoms with Crippen molar-refractivity contribution >= 4 is 16.8 Å². The Morgan fingerprint density at radius 2 is 1.76 bits per heavy atom. The summed E-state index contributed by atoms with van der Waals surface area (Å²) >= 11 is -1.89. The Hall–Kier alpha value is -1.65. The fourth-order valence-corrected chi connectivity index (χ4v) is 2.35. The van der Waals surface area contributed by atoms with Gasteiger partial charge in [-0.3, -0.25) is 0 Å². The van der Waals surface area contributed by atoms with Gasteiger partial charge in [0.1, 0.15) is 0 Å². The molecule has 2 aromatic carbocycles. The number of rotatable bonds is 3. The Bertz CT molecular complexity index is 540. The minimum absolute atomic E-state index is 0.0525. The molecule has 0 radical (unpaired) electrons. The second-order valence-corrected chi connectivity index (χ2v) is 4.64. The molecule has 0 amide bonds. The molecule has 0 aliphatic rings. The lowest BCUT2D eigenvalue weighted by Gasteiger charge is -2.10. The first-order chi connectivity index (χ1) is 8.18. The largest absolute Gasteiger partial charge is 0.398 e. The standard InChI is InChI=1S/C13H13NO2S/c14-13-8-4-7-11(12(13)9-17(15)16)10-5-2-1-3-6-10/h1-8H,9,14H2,(H,15,16). The predicted octanol–water partition coefficient (Wildman–Crippen LogP) is 2.66. The van der Waals surface area contributed by atoms with Crippen LogP contribution in [0.15, 0.2) is 48.5 Å². The predicted molar refractivity (Wildman–Crippen MR) is 70.8 cm³/mol. The van der Waals surface area contributed by atoms with E-state index < -0.39 is 11.1 Å². The third kappa shape index (κ3) is 2.72. The van der Waals surface area contributed by atoms with Crippen molar-refractivity contribution < 1.29 is 8.76 Å². The van der Waals surface area contributed by atoms with Crippen molar-refractivity contribution in [1.82, 2.24) is 0 Å². The molecule has 0 bridgehead atoms. The van der Waals surface area contributed by atoms with Gasteiger partial charge in [-0.15, -0.1) is 0 Å². The highest BCUT2D eigenvalue weighted by Crippen LogP contribution is 2.28. The van der Waals surface area contributed by atoms with Crippen molar-refractivity contribution in [3.05, 3.63) is 54.1 Å². The number of hydrogen-bond acceptors (Lipinski definition) is 2. The van der Waals surface area contributed by atoms with Gasteiger partial charge < -0.3 is 10.3 Å². The van der Waals surface area contributed by atoms with Crippen molar-refractivity contribution in [2.24, 2.45) is 0 Å². The summed E-state index contributed by atoms with van der Waals surface area (Å²) in [5.41, 5.74) is 9.04. The molecule has 0 aliphatic heterocycles. The van der Waals surface area contributed by atoms with Crippen molar-refractivity contribution in [3.8, 4) is 11.1 Å². The number of anilines is 1. The van der Waals surface area contributed by atoms with Crippen LogP contribution in [-0.2, 0) is 16.8 Å². The molecule has 0 aliphatic carbocycles. The van der Waals surface area contributed by atoms with Crippen LogP contribution in [0.25, 0.3) is 11.1 Å². The third-order valence-electron chi connectivity index (χ3n) is 2.56. The molecule has 3 nitrogen and oxygen atoms in total. The smallest absolute Gasteiger partial charge is 0.157 e. The zero-order chi connectivity index (χ0) is 12.3. The van der Waals surface area contributed by atoms with E-state index in [1.54, 1.807) is 6.07 Å². The number of benzene rings is 2. The molecule has 88 valence electrons. The van der Waals surface area contributed by atoms with E-state index in [0.29, 0.717) is 5.69 Å². The monoisotopic (exact) mass is 247 g/mol. The van der Waals surface area contributed by atoms with Gasteiger partial charge in [0.15, 0.2) is 11.1 Å². The average molecular weight is 247 g/mol. The van der Waals surface area contributed by atoms with Crippen LogP contribution < -0.4 is 5.73 Å². The molecule has 0 spiro atoms. The molecular formula is C13H13NO2S. The summed E-state index contributed by atoms with van der Waals surface area (Å²) in [6.07, 6.45) is 0. The molecule has 0 aromatic heterocycles. The van der Waals surface area contributed by atoms with Crippen LogP contribution in [0.2, 0.25) is 0 Å². The van der Waals surface area contributed by atoms with E-state index in [1.807, 2.05) is 42.5 Å². The van der Waals surface area contributed by atoms with Gasteiger partial charge in [0.25, 0.3) is 0 Å². The first kappa shape index (κ1) is 11.8. The SMILES string of the molecule is Nc1cccc(-c2ccccc2)c1CS(=O)O. The molecule has 3 N–H and O–H groups in total. The quantitative estimate of drug-likeness (QED) is 0.647. The van der Waals surface area contributed by atoms with Gasteiger partial charge in [0.2, 0.25) is 0 Å². The Labute approximate surface area is 103 Å². The van der Waals surface area contributed by atoms with Crippen molar-refractivity contribution in [2.45, 2.75) is 5.75 Å². The van der Waals surface area contributed by atoms with Crippen LogP contribution in [0, 0.1) is 0 Å². The molecule has 0 saturated heterocycles. The summed E-state index contributed by atoms with van der Waals surface area (Å²) in [5.74, 6) is 0.0525. The summed E-state index contributed by atoms with van der Waals surface area (Å²) in [5, 5.41) is 0. The summed E-state index contributed by atoms with van der Waals surface area (Å²) in [7, 11) is 0. The summed E-state index contributed by atoms with van der Waals surface area (Å²) in [4.78, 5) is 0. The van der Waals surface area contributed by atoms with Gasteiger partial charge in [-0.2, -0.15) is 0 Å². The van der Waals surface area contributed by atoms with Crippen LogP contribution in [0.5, 0.6) is 0 Å². The summed E-state index contributed by atoms with van der Waals surface area (Å²) < 4.78 is 20.0. The maximum atomic E-state index is 11.0. The van der Waals surface area contributed by atoms with E-state index in [2.05, 4.69) is 0 Å². The van der Waals surface area contributed by atoms with Gasteiger partial charge in [-0.05, 0) is 22.8 Å². The van der Waals surface area contributed by atoms with Crippen LogP contribution in [0.4, 0.5) is 5.69 Å². The number of nitrogen functional groups attached to an aromatic ring is 1. The van der Waals surface area contributed by atoms with Crippen LogP contribution in [-0.4, -0.2) is 8.76 Å². The van der Waals surface area contributed by atoms with Gasteiger partial charge in [0.05, 0.1) is 5.75 Å². The topological polar surface area (TPSA) is 63.3 Å². The summed E-state index contributed by atoms with van der Waals surface area (Å²) in [6, 6.07) is 15.2. The highest BCUT2D eigenvalue weighted by Gasteiger charge is 2.10. The molecule has 2 rings (SSSR count). The molecule has 4 heteroatoms. The van der Waals surface area contributed by atoms with Crippen molar-refractivity contribution in [1.29, 1.82) is 0 Å². The lowest BCUT2D eigenvalue weighted by atomic mass is 9.99. The first-order valence-corrected chi connectivity index (χ1v) is 6.46. The Balaban J connectivity index is 2.54. The van der Waals surface area contributed by atoms with Gasteiger partial charge >= 0.3 is 0 Å². The molecule has 0 saturated carbocycles. The van der Waals surface area contributed by atoms with E-state index >= 15 is 0 Å². The molecule has 17 heavy (non-hydrogen) atoms. The fraction of sp³-hybridized carbons (Fsp3) is 0.0769. The van der Waals surface area contributed by atoms with Crippen LogP contribution in [0.3, 0.4) is 0 Å². The van der Waals surface area contributed by atoms with Gasteiger partial charge in [-0.1, -0.05) is 42.5 Å². The number of hydrogen-bond donors (Lipinski definition) is 2. The maximum absolute atomic E-state index is 11.0. The van der Waals surface area contributed by atoms with E-state index in [9.17, 15) is 4.21 Å². The fourth-order valence-electron chi connectivity index (χ4n) is 1.78. The van der Waals surface area contributed by atoms with Crippen LogP contribution in [0.1, 0.15) is 5.56 Å². The third-order valence-corrected chi connectivity index (χ3v) is 3.10. The zero-order valence-electron chi connectivity index (χ0n) is 9.17. The first-order valence-electron chi connectivity index (χ1n) is 5.18. The average Bonchev–Trinajstić information content (AvgIpc) is 2.32.